The molecule has 1 N–H and O–H groups in total. The van der Waals surface area contributed by atoms with Crippen LogP contribution < -0.4 is 5.32 Å². The quantitative estimate of drug-likeness (QED) is 0.474. The standard InChI is InChI=1S/C21H16N2OS/c1-14-12-15(13-24)10-11-19(14)22-21-18-9-5-8-17(20(18)25-23-21)16-6-3-2-4-7-16/h2-13H,1H3,(H,22,23). The number of nitrogens with zero attached hydrogens (tertiary/aromatic N) is 1. The number of fused-ring (bicyclic) bond motifs is 1. The molecule has 122 valence electrons. The summed E-state index contributed by atoms with van der Waals surface area (Å²) in [4.78, 5) is 10.9. The Balaban J connectivity index is 1.76. The molecule has 0 unspecified atom stereocenters. The Hall–Kier alpha value is -2.98. The van der Waals surface area contributed by atoms with Crippen molar-refractivity contribution in [3.8, 4) is 11.1 Å². The average molecular weight is 344 g/mol. The molecule has 25 heavy (non-hydrogen) atoms. The highest BCUT2D eigenvalue weighted by Crippen LogP contribution is 2.36. The van der Waals surface area contributed by atoms with Crippen LogP contribution in [0.15, 0.2) is 66.7 Å². The molecule has 0 aliphatic heterocycles. The molecule has 4 heteroatoms. The van der Waals surface area contributed by atoms with Crippen molar-refractivity contribution in [3.05, 3.63) is 77.9 Å². The van der Waals surface area contributed by atoms with Gasteiger partial charge in [-0.15, -0.1) is 0 Å². The third-order valence-corrected chi connectivity index (χ3v) is 5.12. The number of benzene rings is 3. The molecule has 1 aromatic heterocycles. The smallest absolute Gasteiger partial charge is 0.152 e. The summed E-state index contributed by atoms with van der Waals surface area (Å²) in [5.41, 5.74) is 5.04. The van der Waals surface area contributed by atoms with Crippen molar-refractivity contribution < 1.29 is 4.79 Å². The van der Waals surface area contributed by atoms with E-state index >= 15 is 0 Å². The predicted octanol–water partition coefficient (Wildman–Crippen LogP) is 5.83. The number of rotatable bonds is 4. The van der Waals surface area contributed by atoms with Gasteiger partial charge >= 0.3 is 0 Å². The molecule has 4 rings (SSSR count). The number of anilines is 2. The molecule has 0 aliphatic carbocycles. The minimum Gasteiger partial charge on any atom is -0.339 e. The Bertz CT molecular complexity index is 1050. The monoisotopic (exact) mass is 344 g/mol. The van der Waals surface area contributed by atoms with E-state index in [4.69, 9.17) is 0 Å². The van der Waals surface area contributed by atoms with Gasteiger partial charge in [0.05, 0.1) is 4.70 Å². The van der Waals surface area contributed by atoms with E-state index in [-0.39, 0.29) is 0 Å². The maximum Gasteiger partial charge on any atom is 0.152 e. The maximum atomic E-state index is 10.9. The molecular weight excluding hydrogens is 328 g/mol. The normalized spacial score (nSPS) is 10.8. The third kappa shape index (κ3) is 2.92. The summed E-state index contributed by atoms with van der Waals surface area (Å²) in [7, 11) is 0. The largest absolute Gasteiger partial charge is 0.339 e. The van der Waals surface area contributed by atoms with Crippen LogP contribution in [0.5, 0.6) is 0 Å². The van der Waals surface area contributed by atoms with Gasteiger partial charge in [-0.25, -0.2) is 0 Å². The lowest BCUT2D eigenvalue weighted by Gasteiger charge is -2.08. The first-order chi connectivity index (χ1) is 12.3. The maximum absolute atomic E-state index is 10.9. The van der Waals surface area contributed by atoms with Crippen molar-refractivity contribution in [3.63, 3.8) is 0 Å². The highest BCUT2D eigenvalue weighted by molar-refractivity contribution is 7.14. The van der Waals surface area contributed by atoms with E-state index in [1.54, 1.807) is 0 Å². The Labute approximate surface area is 150 Å². The van der Waals surface area contributed by atoms with Gasteiger partial charge in [-0.2, -0.15) is 4.37 Å². The molecule has 0 saturated carbocycles. The number of hydrogen-bond donors (Lipinski definition) is 1. The van der Waals surface area contributed by atoms with Gasteiger partial charge in [0.15, 0.2) is 5.82 Å². The molecule has 0 spiro atoms. The minimum absolute atomic E-state index is 0.678. The second-order valence-electron chi connectivity index (χ2n) is 5.90. The van der Waals surface area contributed by atoms with Crippen molar-refractivity contribution in [2.45, 2.75) is 6.92 Å². The van der Waals surface area contributed by atoms with Crippen molar-refractivity contribution in [1.29, 1.82) is 0 Å². The number of aldehydes is 1. The summed E-state index contributed by atoms with van der Waals surface area (Å²) in [5, 5.41) is 4.51. The van der Waals surface area contributed by atoms with E-state index in [1.165, 1.54) is 27.4 Å². The summed E-state index contributed by atoms with van der Waals surface area (Å²) in [6.45, 7) is 1.99. The van der Waals surface area contributed by atoms with E-state index in [2.05, 4.69) is 40.0 Å². The second kappa shape index (κ2) is 6.49. The lowest BCUT2D eigenvalue weighted by atomic mass is 10.0. The molecule has 0 saturated heterocycles. The van der Waals surface area contributed by atoms with Crippen LogP contribution >= 0.6 is 11.5 Å². The number of hydrogen-bond acceptors (Lipinski definition) is 4. The second-order valence-corrected chi connectivity index (χ2v) is 6.67. The van der Waals surface area contributed by atoms with Crippen molar-refractivity contribution >= 4 is 39.4 Å². The van der Waals surface area contributed by atoms with Crippen molar-refractivity contribution in [2.75, 3.05) is 5.32 Å². The molecule has 3 nitrogen and oxygen atoms in total. The first-order valence-corrected chi connectivity index (χ1v) is 8.80. The summed E-state index contributed by atoms with van der Waals surface area (Å²) in [6, 6.07) is 22.2. The van der Waals surface area contributed by atoms with Crippen LogP contribution in [0.4, 0.5) is 11.5 Å². The van der Waals surface area contributed by atoms with E-state index in [0.717, 1.165) is 28.7 Å². The van der Waals surface area contributed by atoms with Gasteiger partial charge in [-0.05, 0) is 53.8 Å². The number of carbonyl (C=O) groups is 1. The zero-order valence-corrected chi connectivity index (χ0v) is 14.5. The van der Waals surface area contributed by atoms with Gasteiger partial charge in [0.1, 0.15) is 6.29 Å². The SMILES string of the molecule is Cc1cc(C=O)ccc1Nc1nsc2c(-c3ccccc3)cccc12. The van der Waals surface area contributed by atoms with Gasteiger partial charge in [0.25, 0.3) is 0 Å². The first kappa shape index (κ1) is 15.5. The number of nitrogens with one attached hydrogen (secondary N) is 1. The summed E-state index contributed by atoms with van der Waals surface area (Å²) in [6.07, 6.45) is 0.862. The zero-order valence-electron chi connectivity index (χ0n) is 13.7. The zero-order chi connectivity index (χ0) is 17.2. The first-order valence-electron chi connectivity index (χ1n) is 8.03. The van der Waals surface area contributed by atoms with Crippen LogP contribution in [0.2, 0.25) is 0 Å². The van der Waals surface area contributed by atoms with Crippen LogP contribution in [0.1, 0.15) is 15.9 Å². The Kier molecular flexibility index (Phi) is 4.04. The predicted molar refractivity (Wildman–Crippen MR) is 105 cm³/mol. The van der Waals surface area contributed by atoms with Gasteiger partial charge in [0, 0.05) is 22.2 Å². The molecule has 3 aromatic carbocycles. The third-order valence-electron chi connectivity index (χ3n) is 4.22. The molecule has 0 fully saturated rings. The lowest BCUT2D eigenvalue weighted by Crippen LogP contribution is -1.94. The topological polar surface area (TPSA) is 42.0 Å². The number of carbonyl (C=O) groups excluding carboxylic acids is 1. The van der Waals surface area contributed by atoms with Gasteiger partial charge < -0.3 is 5.32 Å². The molecule has 0 amide bonds. The van der Waals surface area contributed by atoms with Gasteiger partial charge in [-0.3, -0.25) is 4.79 Å². The molecule has 1 heterocycles. The van der Waals surface area contributed by atoms with Crippen LogP contribution in [-0.2, 0) is 0 Å². The van der Waals surface area contributed by atoms with E-state index in [9.17, 15) is 4.79 Å². The van der Waals surface area contributed by atoms with Crippen LogP contribution in [0, 0.1) is 6.92 Å². The molecule has 0 radical (unpaired) electrons. The lowest BCUT2D eigenvalue weighted by molar-refractivity contribution is 0.112. The summed E-state index contributed by atoms with van der Waals surface area (Å²) >= 11 is 1.50. The molecule has 0 bridgehead atoms. The summed E-state index contributed by atoms with van der Waals surface area (Å²) < 4.78 is 5.79. The van der Waals surface area contributed by atoms with Crippen molar-refractivity contribution in [1.82, 2.24) is 4.37 Å². The fraction of sp³-hybridized carbons (Fsp3) is 0.0476. The van der Waals surface area contributed by atoms with Gasteiger partial charge in [-0.1, -0.05) is 42.5 Å². The average Bonchev–Trinajstić information content (AvgIpc) is 3.07. The van der Waals surface area contributed by atoms with E-state index < -0.39 is 0 Å². The number of aromatic nitrogens is 1. The summed E-state index contributed by atoms with van der Waals surface area (Å²) in [5.74, 6) is 0.847. The van der Waals surface area contributed by atoms with Crippen LogP contribution in [0.3, 0.4) is 0 Å². The fourth-order valence-corrected chi connectivity index (χ4v) is 3.80. The van der Waals surface area contributed by atoms with Gasteiger partial charge in [0.2, 0.25) is 0 Å². The fourth-order valence-electron chi connectivity index (χ4n) is 2.93. The Morgan fingerprint density at radius 3 is 2.60 bits per heavy atom. The highest BCUT2D eigenvalue weighted by atomic mass is 32.1. The minimum atomic E-state index is 0.678. The number of aryl methyl sites for hydroxylation is 1. The molecular formula is C21H16N2OS. The van der Waals surface area contributed by atoms with Crippen molar-refractivity contribution in [2.24, 2.45) is 0 Å². The van der Waals surface area contributed by atoms with Crippen LogP contribution in [0.25, 0.3) is 21.2 Å². The molecule has 0 atom stereocenters. The highest BCUT2D eigenvalue weighted by Gasteiger charge is 2.12. The van der Waals surface area contributed by atoms with Crippen LogP contribution in [-0.4, -0.2) is 10.7 Å². The molecule has 0 aliphatic rings. The van der Waals surface area contributed by atoms with E-state index in [0.29, 0.717) is 5.56 Å². The Morgan fingerprint density at radius 1 is 1.00 bits per heavy atom. The van der Waals surface area contributed by atoms with E-state index in [1.807, 2.05) is 43.3 Å². The Morgan fingerprint density at radius 2 is 1.84 bits per heavy atom. The molecule has 4 aromatic rings.